The van der Waals surface area contributed by atoms with Crippen molar-refractivity contribution in [1.82, 2.24) is 5.32 Å². The van der Waals surface area contributed by atoms with Gasteiger partial charge in [-0.2, -0.15) is 0 Å². The number of amides is 3. The van der Waals surface area contributed by atoms with Gasteiger partial charge in [0.1, 0.15) is 23.4 Å². The third-order valence-electron chi connectivity index (χ3n) is 2.91. The molecule has 2 aromatic carbocycles. The quantitative estimate of drug-likeness (QED) is 0.790. The fraction of sp³-hybridized carbons (Fsp3) is 0.125. The molecule has 2 rings (SSSR count). The van der Waals surface area contributed by atoms with Crippen molar-refractivity contribution in [2.75, 3.05) is 5.32 Å². The summed E-state index contributed by atoms with van der Waals surface area (Å²) in [4.78, 5) is 22.2. The van der Waals surface area contributed by atoms with Crippen molar-refractivity contribution < 1.29 is 18.7 Å². The number of carbonyl (C=O) groups excluding carboxylic acids is 2. The normalized spacial score (nSPS) is 11.4. The number of hydrogen-bond acceptors (Lipinski definition) is 4. The molecule has 0 unspecified atom stereocenters. The topological polar surface area (TPSA) is 93.4 Å². The number of nitrogens with two attached hydrogens (primary N) is 1. The highest BCUT2D eigenvalue weighted by molar-refractivity contribution is 5.97. The van der Waals surface area contributed by atoms with Gasteiger partial charge in [0, 0.05) is 11.8 Å². The summed E-state index contributed by atoms with van der Waals surface area (Å²) < 4.78 is 18.6. The predicted molar refractivity (Wildman–Crippen MR) is 83.7 cm³/mol. The van der Waals surface area contributed by atoms with Crippen LogP contribution in [-0.4, -0.2) is 18.0 Å². The summed E-state index contributed by atoms with van der Waals surface area (Å²) in [5.41, 5.74) is 5.54. The van der Waals surface area contributed by atoms with Gasteiger partial charge in [-0.25, -0.2) is 9.18 Å². The first-order valence-corrected chi connectivity index (χ1v) is 6.84. The number of ether oxygens (including phenoxy) is 1. The second-order valence-electron chi connectivity index (χ2n) is 4.80. The molecule has 3 amide bonds. The van der Waals surface area contributed by atoms with E-state index in [1.807, 2.05) is 5.32 Å². The Kier molecular flexibility index (Phi) is 5.14. The first-order chi connectivity index (χ1) is 10.9. The third kappa shape index (κ3) is 4.99. The van der Waals surface area contributed by atoms with Gasteiger partial charge in [-0.1, -0.05) is 6.07 Å². The number of halogens is 1. The summed E-state index contributed by atoms with van der Waals surface area (Å²) in [5.74, 6) is 0.00275. The fourth-order valence-electron chi connectivity index (χ4n) is 1.83. The number of rotatable bonds is 5. The molecule has 0 saturated heterocycles. The molecule has 0 aliphatic rings. The van der Waals surface area contributed by atoms with Gasteiger partial charge < -0.3 is 15.8 Å². The van der Waals surface area contributed by atoms with Gasteiger partial charge in [0.2, 0.25) is 5.91 Å². The van der Waals surface area contributed by atoms with Gasteiger partial charge >= 0.3 is 6.03 Å². The summed E-state index contributed by atoms with van der Waals surface area (Å²) in [5, 5.41) is 4.90. The lowest BCUT2D eigenvalue weighted by molar-refractivity contribution is -0.120. The summed E-state index contributed by atoms with van der Waals surface area (Å²) in [6.07, 6.45) is 0. The van der Waals surface area contributed by atoms with Crippen LogP contribution in [0.2, 0.25) is 0 Å². The molecule has 0 spiro atoms. The Labute approximate surface area is 132 Å². The first kappa shape index (κ1) is 16.3. The van der Waals surface area contributed by atoms with Gasteiger partial charge in [-0.05, 0) is 43.3 Å². The van der Waals surface area contributed by atoms with Crippen LogP contribution in [0.5, 0.6) is 11.5 Å². The van der Waals surface area contributed by atoms with Crippen LogP contribution in [0.25, 0.3) is 0 Å². The molecule has 0 fully saturated rings. The molecule has 0 saturated carbocycles. The van der Waals surface area contributed by atoms with Crippen molar-refractivity contribution >= 4 is 17.6 Å². The Balaban J connectivity index is 1.96. The van der Waals surface area contributed by atoms with Crippen LogP contribution in [0, 0.1) is 5.82 Å². The maximum Gasteiger partial charge on any atom is 0.318 e. The van der Waals surface area contributed by atoms with E-state index < -0.39 is 18.0 Å². The van der Waals surface area contributed by atoms with Crippen molar-refractivity contribution in [3.05, 3.63) is 54.3 Å². The van der Waals surface area contributed by atoms with Crippen LogP contribution in [-0.2, 0) is 4.79 Å². The van der Waals surface area contributed by atoms with Gasteiger partial charge in [0.15, 0.2) is 0 Å². The molecule has 23 heavy (non-hydrogen) atoms. The molecular weight excluding hydrogens is 301 g/mol. The van der Waals surface area contributed by atoms with E-state index >= 15 is 0 Å². The van der Waals surface area contributed by atoms with E-state index in [-0.39, 0.29) is 5.82 Å². The van der Waals surface area contributed by atoms with E-state index in [0.717, 1.165) is 0 Å². The standard InChI is InChI=1S/C16H16FN3O3/c1-10(15(21)20-16(18)22)19-12-5-7-13(8-6-12)23-14-4-2-3-11(17)9-14/h2-10,19H,1H3,(H3,18,20,21,22)/t10-/m1/s1. The Morgan fingerprint density at radius 2 is 1.83 bits per heavy atom. The molecule has 7 heteroatoms. The molecule has 0 heterocycles. The highest BCUT2D eigenvalue weighted by Gasteiger charge is 2.13. The van der Waals surface area contributed by atoms with Crippen molar-refractivity contribution in [2.45, 2.75) is 13.0 Å². The predicted octanol–water partition coefficient (Wildman–Crippen LogP) is 2.61. The summed E-state index contributed by atoms with van der Waals surface area (Å²) >= 11 is 0. The first-order valence-electron chi connectivity index (χ1n) is 6.84. The van der Waals surface area contributed by atoms with Gasteiger partial charge in [-0.15, -0.1) is 0 Å². The SMILES string of the molecule is C[C@@H](Nc1ccc(Oc2cccc(F)c2)cc1)C(=O)NC(N)=O. The number of carbonyl (C=O) groups is 2. The fourth-order valence-corrected chi connectivity index (χ4v) is 1.83. The Morgan fingerprint density at radius 1 is 1.13 bits per heavy atom. The van der Waals surface area contributed by atoms with E-state index in [1.165, 1.54) is 12.1 Å². The minimum absolute atomic E-state index is 0.380. The Hall–Kier alpha value is -3.09. The molecule has 0 radical (unpaired) electrons. The van der Waals surface area contributed by atoms with Crippen LogP contribution in [0.15, 0.2) is 48.5 Å². The summed E-state index contributed by atoms with van der Waals surface area (Å²) in [6, 6.07) is 11.0. The second kappa shape index (κ2) is 7.26. The maximum atomic E-state index is 13.1. The molecule has 0 aliphatic heterocycles. The molecule has 120 valence electrons. The minimum Gasteiger partial charge on any atom is -0.457 e. The smallest absolute Gasteiger partial charge is 0.318 e. The van der Waals surface area contributed by atoms with E-state index in [2.05, 4.69) is 5.32 Å². The van der Waals surface area contributed by atoms with Crippen LogP contribution < -0.4 is 21.1 Å². The molecule has 6 nitrogen and oxygen atoms in total. The van der Waals surface area contributed by atoms with Crippen LogP contribution in [0.1, 0.15) is 6.92 Å². The second-order valence-corrected chi connectivity index (χ2v) is 4.80. The summed E-state index contributed by atoms with van der Waals surface area (Å²) in [6.45, 7) is 1.59. The Bertz CT molecular complexity index is 704. The molecule has 0 aliphatic carbocycles. The third-order valence-corrected chi connectivity index (χ3v) is 2.91. The number of imide groups is 1. The lowest BCUT2D eigenvalue weighted by atomic mass is 10.2. The zero-order valence-corrected chi connectivity index (χ0v) is 12.4. The highest BCUT2D eigenvalue weighted by atomic mass is 19.1. The number of benzene rings is 2. The maximum absolute atomic E-state index is 13.1. The number of hydrogen-bond donors (Lipinski definition) is 3. The average Bonchev–Trinajstić information content (AvgIpc) is 2.48. The molecule has 4 N–H and O–H groups in total. The molecule has 0 aromatic heterocycles. The van der Waals surface area contributed by atoms with Crippen molar-refractivity contribution in [3.63, 3.8) is 0 Å². The summed E-state index contributed by atoms with van der Waals surface area (Å²) in [7, 11) is 0. The largest absolute Gasteiger partial charge is 0.457 e. The Morgan fingerprint density at radius 3 is 2.43 bits per heavy atom. The number of primary amides is 1. The lowest BCUT2D eigenvalue weighted by Gasteiger charge is -2.14. The zero-order valence-electron chi connectivity index (χ0n) is 12.4. The van der Waals surface area contributed by atoms with Gasteiger partial charge in [-0.3, -0.25) is 10.1 Å². The van der Waals surface area contributed by atoms with Crippen LogP contribution >= 0.6 is 0 Å². The number of urea groups is 1. The lowest BCUT2D eigenvalue weighted by Crippen LogP contribution is -2.43. The monoisotopic (exact) mass is 317 g/mol. The zero-order chi connectivity index (χ0) is 16.8. The van der Waals surface area contributed by atoms with Crippen LogP contribution in [0.4, 0.5) is 14.9 Å². The van der Waals surface area contributed by atoms with Crippen molar-refractivity contribution in [3.8, 4) is 11.5 Å². The van der Waals surface area contributed by atoms with Crippen molar-refractivity contribution in [1.29, 1.82) is 0 Å². The molecular formula is C16H16FN3O3. The molecule has 0 bridgehead atoms. The van der Waals surface area contributed by atoms with E-state index in [1.54, 1.807) is 43.3 Å². The highest BCUT2D eigenvalue weighted by Crippen LogP contribution is 2.23. The van der Waals surface area contributed by atoms with Gasteiger partial charge in [0.05, 0.1) is 0 Å². The number of anilines is 1. The van der Waals surface area contributed by atoms with Crippen molar-refractivity contribution in [2.24, 2.45) is 5.73 Å². The average molecular weight is 317 g/mol. The number of nitrogens with one attached hydrogen (secondary N) is 2. The molecule has 1 atom stereocenters. The van der Waals surface area contributed by atoms with Gasteiger partial charge in [0.25, 0.3) is 0 Å². The molecule has 2 aromatic rings. The van der Waals surface area contributed by atoms with E-state index in [9.17, 15) is 14.0 Å². The van der Waals surface area contributed by atoms with E-state index in [0.29, 0.717) is 17.2 Å². The van der Waals surface area contributed by atoms with E-state index in [4.69, 9.17) is 10.5 Å². The van der Waals surface area contributed by atoms with Crippen LogP contribution in [0.3, 0.4) is 0 Å². The minimum atomic E-state index is -0.900.